The van der Waals surface area contributed by atoms with E-state index in [0.717, 1.165) is 0 Å². The number of hydrogen-bond donors (Lipinski definition) is 4. The summed E-state index contributed by atoms with van der Waals surface area (Å²) in [4.78, 5) is 55.9. The Morgan fingerprint density at radius 1 is 1.13 bits per heavy atom. The number of alkyl carbamates (subject to hydrolysis) is 1. The number of aliphatic hydroxyl groups is 1. The molecule has 2 saturated carbocycles. The summed E-state index contributed by atoms with van der Waals surface area (Å²) in [6, 6.07) is -2.41. The molecule has 1 saturated heterocycles. The topological polar surface area (TPSA) is 180 Å². The smallest absolute Gasteiger partial charge is 0.408 e. The number of nitrogens with one attached hydrogen (secondary N) is 3. The molecule has 1 unspecified atom stereocenters. The average molecular weight is 665 g/mol. The molecule has 0 radical (unpaired) electrons. The fourth-order valence-corrected chi connectivity index (χ4v) is 7.44. The zero-order valence-electron chi connectivity index (χ0n) is 27.7. The van der Waals surface area contributed by atoms with Gasteiger partial charge >= 0.3 is 6.09 Å². The number of ether oxygens (including phenoxy) is 2. The Morgan fingerprint density at radius 2 is 1.78 bits per heavy atom. The number of sulfonamides is 1. The van der Waals surface area contributed by atoms with Crippen molar-refractivity contribution in [1.29, 1.82) is 0 Å². The van der Waals surface area contributed by atoms with Crippen LogP contribution in [0.25, 0.3) is 0 Å². The molecule has 13 nitrogen and oxygen atoms in total. The third-order valence-corrected chi connectivity index (χ3v) is 10.8. The van der Waals surface area contributed by atoms with Crippen LogP contribution in [0.4, 0.5) is 4.79 Å². The molecule has 3 aliphatic carbocycles. The lowest BCUT2D eigenvalue weighted by atomic mass is 9.80. The van der Waals surface area contributed by atoms with E-state index in [2.05, 4.69) is 21.9 Å². The number of carbonyl (C=O) groups excluding carboxylic acids is 4. The van der Waals surface area contributed by atoms with E-state index in [4.69, 9.17) is 9.47 Å². The van der Waals surface area contributed by atoms with Gasteiger partial charge in [0.1, 0.15) is 23.2 Å². The van der Waals surface area contributed by atoms with Crippen LogP contribution in [0.15, 0.2) is 36.6 Å². The van der Waals surface area contributed by atoms with Gasteiger partial charge in [0.25, 0.3) is 5.91 Å². The maximum absolute atomic E-state index is 14.3. The highest BCUT2D eigenvalue weighted by Gasteiger charge is 2.63. The number of carbonyl (C=O) groups is 4. The van der Waals surface area contributed by atoms with Crippen molar-refractivity contribution < 1.29 is 42.2 Å². The molecule has 0 bridgehead atoms. The minimum Gasteiger partial charge on any atom is -0.501 e. The third kappa shape index (κ3) is 7.59. The lowest BCUT2D eigenvalue weighted by Gasteiger charge is -2.36. The van der Waals surface area contributed by atoms with Crippen LogP contribution in [-0.4, -0.2) is 90.0 Å². The Hall–Kier alpha value is -3.39. The van der Waals surface area contributed by atoms with E-state index in [-0.39, 0.29) is 19.4 Å². The highest BCUT2D eigenvalue weighted by Crippen LogP contribution is 2.46. The molecule has 1 aliphatic heterocycles. The van der Waals surface area contributed by atoms with Crippen LogP contribution in [0.3, 0.4) is 0 Å². The lowest BCUT2D eigenvalue weighted by Crippen LogP contribution is -2.60. The summed E-state index contributed by atoms with van der Waals surface area (Å²) in [6.07, 6.45) is 7.12. The Balaban J connectivity index is 1.65. The summed E-state index contributed by atoms with van der Waals surface area (Å²) in [5.41, 5.74) is -4.83. The van der Waals surface area contributed by atoms with Gasteiger partial charge in [-0.3, -0.25) is 19.1 Å². The van der Waals surface area contributed by atoms with E-state index in [1.54, 1.807) is 59.8 Å². The number of β-amino-alcohol motifs (C(OH)–C–C–N with tert-alkyl or cyclic N) is 1. The minimum absolute atomic E-state index is 0.122. The molecule has 0 aromatic carbocycles. The van der Waals surface area contributed by atoms with Crippen molar-refractivity contribution in [2.45, 2.75) is 108 Å². The van der Waals surface area contributed by atoms with Gasteiger partial charge in [-0.1, -0.05) is 39.0 Å². The van der Waals surface area contributed by atoms with E-state index in [1.807, 2.05) is 0 Å². The Labute approximate surface area is 271 Å². The number of amides is 4. The van der Waals surface area contributed by atoms with E-state index in [1.165, 1.54) is 18.1 Å². The maximum atomic E-state index is 14.3. The first-order valence-corrected chi connectivity index (χ1v) is 17.1. The summed E-state index contributed by atoms with van der Waals surface area (Å²) in [6.45, 7) is 13.8. The zero-order valence-corrected chi connectivity index (χ0v) is 28.5. The standard InChI is InChI=1S/C32H48N4O9S/c1-9-19-16-32(19,27(39)35-46(42,43)22-13-14-22)34-25(37)23-17-31(41,20-11-10-12-21(15-20)44-8)18-36(23)26(38)24(29(2,3)4)33-28(40)45-30(5,6)7/h9-12,19-20,22-24,41H,1,13-18H2,2-8H3,(H,33,40)(H,34,37)(H,35,39)/t19-,20?,23+,24-,31+,32-/m1/s1. The van der Waals surface area contributed by atoms with Gasteiger partial charge < -0.3 is 30.1 Å². The van der Waals surface area contributed by atoms with Crippen LogP contribution in [0.1, 0.15) is 73.6 Å². The van der Waals surface area contributed by atoms with Gasteiger partial charge in [-0.2, -0.15) is 0 Å². The molecule has 3 fully saturated rings. The molecular weight excluding hydrogens is 616 g/mol. The van der Waals surface area contributed by atoms with Crippen LogP contribution in [0.5, 0.6) is 0 Å². The van der Waals surface area contributed by atoms with Crippen molar-refractivity contribution in [3.05, 3.63) is 36.6 Å². The summed E-state index contributed by atoms with van der Waals surface area (Å²) in [5.74, 6) is -2.67. The molecule has 4 rings (SSSR count). The second kappa shape index (κ2) is 12.3. The number of nitrogens with zero attached hydrogens (tertiary/aromatic N) is 1. The summed E-state index contributed by atoms with van der Waals surface area (Å²) < 4.78 is 38.1. The van der Waals surface area contributed by atoms with E-state index >= 15 is 0 Å². The van der Waals surface area contributed by atoms with Gasteiger partial charge in [-0.25, -0.2) is 13.2 Å². The van der Waals surface area contributed by atoms with Gasteiger partial charge in [0.2, 0.25) is 21.8 Å². The first-order valence-electron chi connectivity index (χ1n) is 15.6. The number of hydrogen-bond acceptors (Lipinski definition) is 9. The molecule has 256 valence electrons. The molecule has 4 N–H and O–H groups in total. The van der Waals surface area contributed by atoms with Gasteiger partial charge in [-0.15, -0.1) is 6.58 Å². The highest BCUT2D eigenvalue weighted by molar-refractivity contribution is 7.91. The number of rotatable bonds is 10. The Bertz CT molecular complexity index is 1440. The van der Waals surface area contributed by atoms with Crippen molar-refractivity contribution in [2.24, 2.45) is 17.3 Å². The predicted octanol–water partition coefficient (Wildman–Crippen LogP) is 2.03. The Morgan fingerprint density at radius 3 is 2.30 bits per heavy atom. The van der Waals surface area contributed by atoms with Crippen molar-refractivity contribution in [3.8, 4) is 0 Å². The monoisotopic (exact) mass is 664 g/mol. The summed E-state index contributed by atoms with van der Waals surface area (Å²) in [7, 11) is -2.38. The lowest BCUT2D eigenvalue weighted by molar-refractivity contribution is -0.143. The zero-order chi connectivity index (χ0) is 34.5. The number of likely N-dealkylation sites (tertiary alicyclic amines) is 1. The van der Waals surface area contributed by atoms with Crippen molar-refractivity contribution in [1.82, 2.24) is 20.3 Å². The Kier molecular flexibility index (Phi) is 9.50. The molecule has 0 spiro atoms. The molecule has 14 heteroatoms. The van der Waals surface area contributed by atoms with E-state index < -0.39 is 85.2 Å². The normalized spacial score (nSPS) is 30.0. The number of allylic oxidation sites excluding steroid dienone is 3. The van der Waals surface area contributed by atoms with Crippen molar-refractivity contribution in [2.75, 3.05) is 13.7 Å². The van der Waals surface area contributed by atoms with Gasteiger partial charge in [-0.05, 0) is 51.5 Å². The van der Waals surface area contributed by atoms with Crippen LogP contribution < -0.4 is 15.4 Å². The molecule has 6 atom stereocenters. The molecule has 4 amide bonds. The van der Waals surface area contributed by atoms with Gasteiger partial charge in [0.15, 0.2) is 0 Å². The second-order valence-corrected chi connectivity index (χ2v) is 16.9. The summed E-state index contributed by atoms with van der Waals surface area (Å²) in [5, 5.41) is 16.8. The van der Waals surface area contributed by atoms with E-state index in [0.29, 0.717) is 25.0 Å². The van der Waals surface area contributed by atoms with Crippen molar-refractivity contribution in [3.63, 3.8) is 0 Å². The highest BCUT2D eigenvalue weighted by atomic mass is 32.2. The summed E-state index contributed by atoms with van der Waals surface area (Å²) >= 11 is 0. The predicted molar refractivity (Wildman–Crippen MR) is 169 cm³/mol. The quantitative estimate of drug-likeness (QED) is 0.254. The molecule has 0 aromatic rings. The first-order chi connectivity index (χ1) is 21.2. The molecule has 46 heavy (non-hydrogen) atoms. The molecule has 1 heterocycles. The van der Waals surface area contributed by atoms with Crippen LogP contribution in [-0.2, 0) is 33.9 Å². The van der Waals surface area contributed by atoms with Crippen LogP contribution in [0.2, 0.25) is 0 Å². The van der Waals surface area contributed by atoms with Gasteiger partial charge in [0, 0.05) is 24.7 Å². The van der Waals surface area contributed by atoms with Crippen LogP contribution >= 0.6 is 0 Å². The fraction of sp³-hybridized carbons (Fsp3) is 0.688. The molecule has 4 aliphatic rings. The minimum atomic E-state index is -3.90. The van der Waals surface area contributed by atoms with Gasteiger partial charge in [0.05, 0.1) is 30.3 Å². The SMILES string of the molecule is C=C[C@@H]1C[C@]1(NC(=O)[C@@H]1C[C@@](O)(C2C=CC=C(OC)C2)CN1C(=O)[C@@H](NC(=O)OC(C)(C)C)C(C)(C)C)C(=O)NS(=O)(=O)C1CC1. The first kappa shape index (κ1) is 35.5. The van der Waals surface area contributed by atoms with E-state index in [9.17, 15) is 32.7 Å². The molecule has 0 aromatic heterocycles. The van der Waals surface area contributed by atoms with Crippen molar-refractivity contribution >= 4 is 33.8 Å². The average Bonchev–Trinajstić information content (AvgIpc) is 3.87. The molecular formula is C32H48N4O9S. The second-order valence-electron chi connectivity index (χ2n) is 15.0. The fourth-order valence-electron chi connectivity index (χ4n) is 6.08. The number of methoxy groups -OCH3 is 1. The van der Waals surface area contributed by atoms with Crippen LogP contribution in [0, 0.1) is 17.3 Å². The third-order valence-electron chi connectivity index (χ3n) is 8.97. The largest absolute Gasteiger partial charge is 0.501 e. The maximum Gasteiger partial charge on any atom is 0.408 e.